The van der Waals surface area contributed by atoms with Gasteiger partial charge in [0.15, 0.2) is 0 Å². The van der Waals surface area contributed by atoms with Gasteiger partial charge < -0.3 is 31.1 Å². The van der Waals surface area contributed by atoms with Crippen LogP contribution in [0.15, 0.2) is 30.5 Å². The molecule has 1 unspecified atom stereocenters. The van der Waals surface area contributed by atoms with E-state index in [4.69, 9.17) is 0 Å². The smallest absolute Gasteiger partial charge is 0.366 e. The van der Waals surface area contributed by atoms with Crippen LogP contribution < -0.4 is 21.3 Å². The molecule has 1 saturated carbocycles. The van der Waals surface area contributed by atoms with E-state index in [1.807, 2.05) is 14.0 Å². The van der Waals surface area contributed by atoms with Gasteiger partial charge in [0.1, 0.15) is 11.4 Å². The third kappa shape index (κ3) is 8.23. The minimum absolute atomic E-state index is 0.00204. The minimum Gasteiger partial charge on any atom is -0.366 e. The number of carbonyl (C=O) groups is 2. The number of hydrogen-bond donors (Lipinski definition) is 4. The molecule has 0 spiro atoms. The van der Waals surface area contributed by atoms with Crippen molar-refractivity contribution in [3.05, 3.63) is 41.6 Å². The van der Waals surface area contributed by atoms with E-state index in [-0.39, 0.29) is 35.7 Å². The molecular formula is C32H45F3N8O2. The molecule has 4 N–H and O–H groups in total. The molecule has 13 heteroatoms. The Kier molecular flexibility index (Phi) is 10.5. The van der Waals surface area contributed by atoms with Gasteiger partial charge in [0.05, 0.1) is 5.92 Å². The van der Waals surface area contributed by atoms with Gasteiger partial charge in [-0.05, 0) is 109 Å². The SMILES string of the molecule is CC(NC(=O)[C@H]1CCC[C@H]1Nc1nc(Nc2ccc(C(=O)N(C)C3CCN(C)CC3)cc2)ncc1C(F)(F)F)C1CCNCC1. The number of carbonyl (C=O) groups excluding carboxylic acids is 2. The molecule has 3 atom stereocenters. The number of benzene rings is 1. The quantitative estimate of drug-likeness (QED) is 0.321. The summed E-state index contributed by atoms with van der Waals surface area (Å²) in [6.07, 6.45) is 1.77. The van der Waals surface area contributed by atoms with E-state index in [0.717, 1.165) is 64.5 Å². The van der Waals surface area contributed by atoms with Crippen molar-refractivity contribution in [2.45, 2.75) is 76.2 Å². The molecule has 1 aromatic carbocycles. The van der Waals surface area contributed by atoms with Gasteiger partial charge in [-0.1, -0.05) is 6.42 Å². The number of piperidine rings is 2. The van der Waals surface area contributed by atoms with Crippen LogP contribution >= 0.6 is 0 Å². The first-order chi connectivity index (χ1) is 21.5. The molecule has 3 fully saturated rings. The standard InChI is InChI=1S/C32H45F3N8O2/c1-20(21-11-15-36-16-12-21)38-29(44)25-5-4-6-27(25)40-28-26(32(33,34)35)19-37-31(41-28)39-23-9-7-22(8-10-23)30(45)43(3)24-13-17-42(2)18-14-24/h7-10,19-21,24-25,27,36H,4-6,11-18H2,1-3H3,(H,38,44)(H2,37,39,40,41)/t20?,25-,27+/m0/s1. The number of nitrogens with zero attached hydrogens (tertiary/aromatic N) is 4. The molecule has 2 aliphatic heterocycles. The van der Waals surface area contributed by atoms with Gasteiger partial charge in [-0.25, -0.2) is 4.98 Å². The zero-order chi connectivity index (χ0) is 32.1. The molecule has 5 rings (SSSR count). The molecule has 2 saturated heterocycles. The van der Waals surface area contributed by atoms with Crippen molar-refractivity contribution < 1.29 is 22.8 Å². The lowest BCUT2D eigenvalue weighted by Gasteiger charge is -2.35. The molecule has 0 bridgehead atoms. The Hall–Kier alpha value is -3.45. The molecule has 3 heterocycles. The molecule has 1 aliphatic carbocycles. The maximum atomic E-state index is 14.0. The summed E-state index contributed by atoms with van der Waals surface area (Å²) >= 11 is 0. The molecule has 2 aromatic rings. The summed E-state index contributed by atoms with van der Waals surface area (Å²) in [5.41, 5.74) is 0.0713. The maximum absolute atomic E-state index is 14.0. The summed E-state index contributed by atoms with van der Waals surface area (Å²) in [6.45, 7) is 5.73. The maximum Gasteiger partial charge on any atom is 0.421 e. The Bertz CT molecular complexity index is 1310. The highest BCUT2D eigenvalue weighted by atomic mass is 19.4. The molecule has 3 aliphatic rings. The third-order valence-electron chi connectivity index (χ3n) is 9.67. The Morgan fingerprint density at radius 1 is 1.04 bits per heavy atom. The average molecular weight is 631 g/mol. The highest BCUT2D eigenvalue weighted by Gasteiger charge is 2.39. The van der Waals surface area contributed by atoms with E-state index in [2.05, 4.69) is 43.2 Å². The molecule has 10 nitrogen and oxygen atoms in total. The third-order valence-corrected chi connectivity index (χ3v) is 9.67. The Morgan fingerprint density at radius 2 is 1.73 bits per heavy atom. The fourth-order valence-electron chi connectivity index (χ4n) is 6.75. The molecule has 0 radical (unpaired) electrons. The van der Waals surface area contributed by atoms with Crippen LogP contribution in [0.25, 0.3) is 0 Å². The number of anilines is 3. The van der Waals surface area contributed by atoms with Gasteiger partial charge in [-0.2, -0.15) is 18.2 Å². The number of likely N-dealkylation sites (tertiary alicyclic amines) is 1. The molecular weight excluding hydrogens is 585 g/mol. The van der Waals surface area contributed by atoms with Crippen molar-refractivity contribution in [1.29, 1.82) is 0 Å². The number of amides is 2. The van der Waals surface area contributed by atoms with Crippen LogP contribution in [0.1, 0.15) is 67.8 Å². The van der Waals surface area contributed by atoms with E-state index < -0.39 is 23.7 Å². The van der Waals surface area contributed by atoms with Gasteiger partial charge >= 0.3 is 6.18 Å². The van der Waals surface area contributed by atoms with E-state index in [9.17, 15) is 22.8 Å². The van der Waals surface area contributed by atoms with Crippen molar-refractivity contribution in [3.8, 4) is 0 Å². The topological polar surface area (TPSA) is 115 Å². The summed E-state index contributed by atoms with van der Waals surface area (Å²) in [5.74, 6) is -0.669. The first kappa shape index (κ1) is 32.9. The van der Waals surface area contributed by atoms with Crippen LogP contribution in [0.3, 0.4) is 0 Å². The van der Waals surface area contributed by atoms with Gasteiger partial charge in [0.25, 0.3) is 5.91 Å². The molecule has 246 valence electrons. The van der Waals surface area contributed by atoms with Crippen LogP contribution in [0.4, 0.5) is 30.6 Å². The summed E-state index contributed by atoms with van der Waals surface area (Å²) in [5, 5.41) is 12.4. The van der Waals surface area contributed by atoms with Crippen LogP contribution in [-0.2, 0) is 11.0 Å². The lowest BCUT2D eigenvalue weighted by molar-refractivity contribution is -0.137. The van der Waals surface area contributed by atoms with Crippen LogP contribution in [0.5, 0.6) is 0 Å². The van der Waals surface area contributed by atoms with E-state index in [1.165, 1.54) is 0 Å². The van der Waals surface area contributed by atoms with Crippen molar-refractivity contribution >= 4 is 29.3 Å². The van der Waals surface area contributed by atoms with Crippen LogP contribution in [0, 0.1) is 11.8 Å². The van der Waals surface area contributed by atoms with Gasteiger partial charge in [0, 0.05) is 42.6 Å². The van der Waals surface area contributed by atoms with Crippen LogP contribution in [0.2, 0.25) is 0 Å². The van der Waals surface area contributed by atoms with Gasteiger partial charge in [0.2, 0.25) is 11.9 Å². The predicted octanol–water partition coefficient (Wildman–Crippen LogP) is 4.49. The Morgan fingerprint density at radius 3 is 2.40 bits per heavy atom. The first-order valence-corrected chi connectivity index (χ1v) is 16.0. The lowest BCUT2D eigenvalue weighted by atomic mass is 9.90. The lowest BCUT2D eigenvalue weighted by Crippen LogP contribution is -2.46. The fraction of sp³-hybridized carbons (Fsp3) is 0.625. The fourth-order valence-corrected chi connectivity index (χ4v) is 6.75. The Labute approximate surface area is 262 Å². The highest BCUT2D eigenvalue weighted by Crippen LogP contribution is 2.37. The van der Waals surface area contributed by atoms with E-state index >= 15 is 0 Å². The zero-order valence-corrected chi connectivity index (χ0v) is 26.3. The van der Waals surface area contributed by atoms with Gasteiger partial charge in [-0.15, -0.1) is 0 Å². The van der Waals surface area contributed by atoms with Crippen molar-refractivity contribution in [1.82, 2.24) is 30.4 Å². The normalized spacial score (nSPS) is 22.5. The largest absolute Gasteiger partial charge is 0.421 e. The average Bonchev–Trinajstić information content (AvgIpc) is 3.49. The van der Waals surface area contributed by atoms with Gasteiger partial charge in [-0.3, -0.25) is 9.59 Å². The summed E-state index contributed by atoms with van der Waals surface area (Å²) < 4.78 is 42.0. The summed E-state index contributed by atoms with van der Waals surface area (Å²) in [4.78, 5) is 38.5. The van der Waals surface area contributed by atoms with Crippen molar-refractivity contribution in [2.24, 2.45) is 11.8 Å². The minimum atomic E-state index is -4.68. The number of hydrogen-bond acceptors (Lipinski definition) is 8. The van der Waals surface area contributed by atoms with E-state index in [1.54, 1.807) is 29.2 Å². The molecule has 45 heavy (non-hydrogen) atoms. The van der Waals surface area contributed by atoms with Crippen LogP contribution in [-0.4, -0.2) is 90.0 Å². The highest BCUT2D eigenvalue weighted by molar-refractivity contribution is 5.94. The summed E-state index contributed by atoms with van der Waals surface area (Å²) in [7, 11) is 3.90. The number of halogens is 3. The number of aromatic nitrogens is 2. The number of alkyl halides is 3. The monoisotopic (exact) mass is 630 g/mol. The first-order valence-electron chi connectivity index (χ1n) is 16.0. The van der Waals surface area contributed by atoms with E-state index in [0.29, 0.717) is 30.0 Å². The Balaban J connectivity index is 1.25. The predicted molar refractivity (Wildman–Crippen MR) is 167 cm³/mol. The second-order valence-corrected chi connectivity index (χ2v) is 12.8. The van der Waals surface area contributed by atoms with Crippen molar-refractivity contribution in [3.63, 3.8) is 0 Å². The summed E-state index contributed by atoms with van der Waals surface area (Å²) in [6, 6.07) is 6.44. The number of rotatable bonds is 9. The molecule has 2 amide bonds. The number of nitrogens with one attached hydrogen (secondary N) is 4. The zero-order valence-electron chi connectivity index (χ0n) is 26.3. The second-order valence-electron chi connectivity index (χ2n) is 12.8. The second kappa shape index (κ2) is 14.3. The van der Waals surface area contributed by atoms with Crippen molar-refractivity contribution in [2.75, 3.05) is 50.9 Å². The molecule has 1 aromatic heterocycles.